The number of epoxide rings is 2. The number of carbonyl (C=O) groups excluding carboxylic acids is 2. The normalized spacial score (nSPS) is 39.7. The third kappa shape index (κ3) is 3.69. The van der Waals surface area contributed by atoms with Gasteiger partial charge in [0.25, 0.3) is 0 Å². The minimum atomic E-state index is -0.730. The summed E-state index contributed by atoms with van der Waals surface area (Å²) in [4.78, 5) is 23.5. The molecule has 0 spiro atoms. The molecule has 6 unspecified atom stereocenters. The van der Waals surface area contributed by atoms with Gasteiger partial charge in [0.2, 0.25) is 0 Å². The molecule has 128 valence electrons. The molecule has 0 aromatic heterocycles. The van der Waals surface area contributed by atoms with Crippen LogP contribution in [0.4, 0.5) is 9.59 Å². The van der Waals surface area contributed by atoms with E-state index in [0.717, 1.165) is 19.3 Å². The van der Waals surface area contributed by atoms with Crippen LogP contribution in [0.5, 0.6) is 0 Å². The van der Waals surface area contributed by atoms with Gasteiger partial charge in [0.15, 0.2) is 0 Å². The zero-order valence-electron chi connectivity index (χ0n) is 12.7. The quantitative estimate of drug-likeness (QED) is 0.531. The Bertz CT molecular complexity index is 430. The number of hydrogen-bond acceptors (Lipinski definition) is 8. The molecular weight excluding hydrogens is 308 g/mol. The Morgan fingerprint density at radius 3 is 1.65 bits per heavy atom. The average molecular weight is 328 g/mol. The van der Waals surface area contributed by atoms with Crippen LogP contribution in [-0.4, -0.2) is 63.2 Å². The second-order valence-corrected chi connectivity index (χ2v) is 6.53. The molecule has 8 nitrogen and oxygen atoms in total. The molecule has 6 atom stereocenters. The lowest BCUT2D eigenvalue weighted by Gasteiger charge is -2.29. The van der Waals surface area contributed by atoms with E-state index < -0.39 is 24.5 Å². The molecule has 2 aliphatic carbocycles. The maximum atomic E-state index is 11.8. The molecule has 8 heteroatoms. The molecule has 4 rings (SSSR count). The van der Waals surface area contributed by atoms with Gasteiger partial charge >= 0.3 is 12.3 Å². The Hall–Kier alpha value is -1.54. The summed E-state index contributed by atoms with van der Waals surface area (Å²) in [6, 6.07) is 0. The van der Waals surface area contributed by atoms with Crippen LogP contribution < -0.4 is 0 Å². The third-order valence-electron chi connectivity index (χ3n) is 4.81. The van der Waals surface area contributed by atoms with Crippen molar-refractivity contribution < 1.29 is 38.0 Å². The summed E-state index contributed by atoms with van der Waals surface area (Å²) in [6.45, 7) is 1.64. The van der Waals surface area contributed by atoms with E-state index in [1.165, 1.54) is 0 Å². The fraction of sp³-hybridized carbons (Fsp3) is 0.867. The zero-order chi connectivity index (χ0) is 15.8. The highest BCUT2D eigenvalue weighted by molar-refractivity contribution is 5.61. The molecule has 2 aliphatic heterocycles. The summed E-state index contributed by atoms with van der Waals surface area (Å²) in [7, 11) is 0. The SMILES string of the molecule is O=C(OCC1CO1)OC1C2CCC(C2)C1OC(=O)OCC1CO1. The first-order chi connectivity index (χ1) is 11.2. The van der Waals surface area contributed by atoms with Gasteiger partial charge in [0.1, 0.15) is 37.6 Å². The second-order valence-electron chi connectivity index (χ2n) is 6.53. The Morgan fingerprint density at radius 1 is 0.826 bits per heavy atom. The van der Waals surface area contributed by atoms with Crippen molar-refractivity contribution in [3.05, 3.63) is 0 Å². The molecule has 0 N–H and O–H groups in total. The predicted octanol–water partition coefficient (Wildman–Crippen LogP) is 1.26. The maximum Gasteiger partial charge on any atom is 0.508 e. The monoisotopic (exact) mass is 328 g/mol. The number of rotatable bonds is 6. The van der Waals surface area contributed by atoms with Crippen molar-refractivity contribution in [1.29, 1.82) is 0 Å². The topological polar surface area (TPSA) is 96.1 Å². The van der Waals surface area contributed by atoms with Gasteiger partial charge < -0.3 is 28.4 Å². The van der Waals surface area contributed by atoms with Crippen LogP contribution in [0.2, 0.25) is 0 Å². The average Bonchev–Trinajstić information content (AvgIpc) is 3.45. The van der Waals surface area contributed by atoms with Gasteiger partial charge in [-0.3, -0.25) is 0 Å². The van der Waals surface area contributed by atoms with Gasteiger partial charge in [-0.05, 0) is 19.3 Å². The van der Waals surface area contributed by atoms with Gasteiger partial charge in [-0.1, -0.05) is 0 Å². The molecule has 2 saturated heterocycles. The van der Waals surface area contributed by atoms with Crippen LogP contribution in [0.25, 0.3) is 0 Å². The fourth-order valence-electron chi connectivity index (χ4n) is 3.45. The maximum absolute atomic E-state index is 11.8. The number of carbonyl (C=O) groups is 2. The summed E-state index contributed by atoms with van der Waals surface area (Å²) < 4.78 is 30.8. The standard InChI is InChI=1S/C15H20O8/c16-14(20-6-10-4-18-10)22-12-8-1-2-9(3-8)13(12)23-15(17)21-7-11-5-19-11/h8-13H,1-7H2. The van der Waals surface area contributed by atoms with Crippen LogP contribution in [0.1, 0.15) is 19.3 Å². The summed E-state index contributed by atoms with van der Waals surface area (Å²) in [5, 5.41) is 0. The molecule has 2 saturated carbocycles. The molecular formula is C15H20O8. The molecule has 0 aromatic rings. The zero-order valence-corrected chi connectivity index (χ0v) is 12.7. The van der Waals surface area contributed by atoms with Crippen LogP contribution in [0.15, 0.2) is 0 Å². The van der Waals surface area contributed by atoms with Crippen molar-refractivity contribution in [2.75, 3.05) is 26.4 Å². The van der Waals surface area contributed by atoms with Crippen LogP contribution in [0, 0.1) is 11.8 Å². The lowest BCUT2D eigenvalue weighted by atomic mass is 9.95. The van der Waals surface area contributed by atoms with Gasteiger partial charge in [0.05, 0.1) is 13.2 Å². The first-order valence-corrected chi connectivity index (χ1v) is 8.09. The lowest BCUT2D eigenvalue weighted by Crippen LogP contribution is -2.40. The highest BCUT2D eigenvalue weighted by Crippen LogP contribution is 2.47. The van der Waals surface area contributed by atoms with E-state index in [1.54, 1.807) is 0 Å². The summed E-state index contributed by atoms with van der Waals surface area (Å²) in [5.74, 6) is 0.434. The van der Waals surface area contributed by atoms with E-state index in [2.05, 4.69) is 0 Å². The van der Waals surface area contributed by atoms with E-state index in [1.807, 2.05) is 0 Å². The largest absolute Gasteiger partial charge is 0.508 e. The third-order valence-corrected chi connectivity index (χ3v) is 4.81. The second kappa shape index (κ2) is 6.16. The van der Waals surface area contributed by atoms with Gasteiger partial charge in [-0.15, -0.1) is 0 Å². The van der Waals surface area contributed by atoms with Gasteiger partial charge in [0, 0.05) is 11.8 Å². The summed E-state index contributed by atoms with van der Waals surface area (Å²) in [6.07, 6.45) is 0.463. The molecule has 0 radical (unpaired) electrons. The van der Waals surface area contributed by atoms with Crippen LogP contribution in [-0.2, 0) is 28.4 Å². The van der Waals surface area contributed by atoms with Crippen molar-refractivity contribution in [2.45, 2.75) is 43.7 Å². The lowest BCUT2D eigenvalue weighted by molar-refractivity contribution is -0.0764. The van der Waals surface area contributed by atoms with Crippen molar-refractivity contribution >= 4 is 12.3 Å². The van der Waals surface area contributed by atoms with E-state index in [4.69, 9.17) is 28.4 Å². The fourth-order valence-corrected chi connectivity index (χ4v) is 3.45. The molecule has 2 bridgehead atoms. The molecule has 0 aromatic carbocycles. The minimum Gasteiger partial charge on any atom is -0.431 e. The number of fused-ring (bicyclic) bond motifs is 2. The van der Waals surface area contributed by atoms with E-state index in [9.17, 15) is 9.59 Å². The Kier molecular flexibility index (Phi) is 4.02. The van der Waals surface area contributed by atoms with Crippen LogP contribution >= 0.6 is 0 Å². The summed E-state index contributed by atoms with van der Waals surface area (Å²) in [5.41, 5.74) is 0. The van der Waals surface area contributed by atoms with Gasteiger partial charge in [-0.2, -0.15) is 0 Å². The smallest absolute Gasteiger partial charge is 0.431 e. The Labute approximate surface area is 133 Å². The van der Waals surface area contributed by atoms with E-state index in [0.29, 0.717) is 13.2 Å². The van der Waals surface area contributed by atoms with Crippen molar-refractivity contribution in [3.8, 4) is 0 Å². The predicted molar refractivity (Wildman–Crippen MR) is 72.8 cm³/mol. The number of hydrogen-bond donors (Lipinski definition) is 0. The first kappa shape index (κ1) is 15.0. The Morgan fingerprint density at radius 2 is 1.26 bits per heavy atom. The van der Waals surface area contributed by atoms with Crippen molar-refractivity contribution in [1.82, 2.24) is 0 Å². The van der Waals surface area contributed by atoms with E-state index >= 15 is 0 Å². The molecule has 0 amide bonds. The highest BCUT2D eigenvalue weighted by Gasteiger charge is 2.52. The van der Waals surface area contributed by atoms with Crippen molar-refractivity contribution in [2.24, 2.45) is 11.8 Å². The number of ether oxygens (including phenoxy) is 6. The van der Waals surface area contributed by atoms with Crippen LogP contribution in [0.3, 0.4) is 0 Å². The summed E-state index contributed by atoms with van der Waals surface area (Å²) >= 11 is 0. The van der Waals surface area contributed by atoms with Gasteiger partial charge in [-0.25, -0.2) is 9.59 Å². The molecule has 4 fully saturated rings. The molecule has 2 heterocycles. The molecule has 23 heavy (non-hydrogen) atoms. The highest BCUT2D eigenvalue weighted by atomic mass is 16.8. The Balaban J connectivity index is 1.28. The molecule has 4 aliphatic rings. The van der Waals surface area contributed by atoms with Crippen molar-refractivity contribution in [3.63, 3.8) is 0 Å². The minimum absolute atomic E-state index is 0.00533. The first-order valence-electron chi connectivity index (χ1n) is 8.09. The van der Waals surface area contributed by atoms with E-state index in [-0.39, 0.29) is 37.3 Å².